The number of terminal acetylenes is 1. The second kappa shape index (κ2) is 5.40. The Balaban J connectivity index is 2.57. The van der Waals surface area contributed by atoms with Gasteiger partial charge in [-0.3, -0.25) is 9.78 Å². The van der Waals surface area contributed by atoms with Crippen molar-refractivity contribution in [2.75, 3.05) is 5.32 Å². The molecular weight excluding hydrogens is 244 g/mol. The minimum Gasteiger partial charge on any atom is -0.325 e. The molecule has 0 fully saturated rings. The number of nitrogens with zero attached hydrogens (tertiary/aromatic N) is 1. The number of amides is 1. The summed E-state index contributed by atoms with van der Waals surface area (Å²) in [5.74, 6) is 2.33. The Bertz CT molecular complexity index is 371. The molecule has 0 spiro atoms. The van der Waals surface area contributed by atoms with E-state index in [1.165, 1.54) is 0 Å². The summed E-state index contributed by atoms with van der Waals surface area (Å²) in [4.78, 5) is 15.2. The molecular formula is C10H9BrN2O. The van der Waals surface area contributed by atoms with E-state index in [1.807, 2.05) is 0 Å². The molecule has 0 bridgehead atoms. The van der Waals surface area contributed by atoms with E-state index in [0.29, 0.717) is 18.5 Å². The molecule has 4 heteroatoms. The van der Waals surface area contributed by atoms with Gasteiger partial charge in [-0.15, -0.1) is 12.3 Å². The van der Waals surface area contributed by atoms with E-state index in [9.17, 15) is 4.79 Å². The Labute approximate surface area is 91.1 Å². The van der Waals surface area contributed by atoms with Crippen LogP contribution in [0.3, 0.4) is 0 Å². The largest absolute Gasteiger partial charge is 0.325 e. The first kappa shape index (κ1) is 10.7. The molecule has 0 saturated heterocycles. The SMILES string of the molecule is C#CCCC(=O)Nc1ccncc1Br. The van der Waals surface area contributed by atoms with Crippen molar-refractivity contribution in [2.24, 2.45) is 0 Å². The molecule has 1 rings (SSSR count). The third kappa shape index (κ3) is 3.19. The standard InChI is InChI=1S/C10H9BrN2O/c1-2-3-4-10(14)13-9-5-6-12-7-8(9)11/h1,5-7H,3-4H2,(H,12,13,14). The van der Waals surface area contributed by atoms with Crippen molar-refractivity contribution < 1.29 is 4.79 Å². The van der Waals surface area contributed by atoms with Gasteiger partial charge < -0.3 is 5.32 Å². The molecule has 72 valence electrons. The van der Waals surface area contributed by atoms with Crippen molar-refractivity contribution in [3.05, 3.63) is 22.9 Å². The Morgan fingerprint density at radius 2 is 2.50 bits per heavy atom. The molecule has 0 aromatic carbocycles. The topological polar surface area (TPSA) is 42.0 Å². The van der Waals surface area contributed by atoms with E-state index in [1.54, 1.807) is 18.5 Å². The van der Waals surface area contributed by atoms with Crippen LogP contribution in [0.1, 0.15) is 12.8 Å². The zero-order valence-corrected chi connectivity index (χ0v) is 9.04. The zero-order valence-electron chi connectivity index (χ0n) is 7.46. The molecule has 1 aromatic heterocycles. The number of halogens is 1. The van der Waals surface area contributed by atoms with E-state index in [-0.39, 0.29) is 5.91 Å². The third-order valence-electron chi connectivity index (χ3n) is 1.54. The van der Waals surface area contributed by atoms with Gasteiger partial charge in [-0.05, 0) is 22.0 Å². The normalized spacial score (nSPS) is 9.14. The molecule has 0 unspecified atom stereocenters. The van der Waals surface area contributed by atoms with Crippen molar-refractivity contribution in [1.29, 1.82) is 0 Å². The summed E-state index contributed by atoms with van der Waals surface area (Å²) < 4.78 is 0.758. The molecule has 1 amide bonds. The van der Waals surface area contributed by atoms with Crippen LogP contribution in [0.5, 0.6) is 0 Å². The van der Waals surface area contributed by atoms with E-state index >= 15 is 0 Å². The van der Waals surface area contributed by atoms with E-state index < -0.39 is 0 Å². The number of hydrogen-bond donors (Lipinski definition) is 1. The van der Waals surface area contributed by atoms with Crippen LogP contribution in [-0.2, 0) is 4.79 Å². The van der Waals surface area contributed by atoms with Crippen LogP contribution in [0.25, 0.3) is 0 Å². The quantitative estimate of drug-likeness (QED) is 0.839. The predicted molar refractivity (Wildman–Crippen MR) is 58.6 cm³/mol. The number of rotatable bonds is 3. The number of anilines is 1. The van der Waals surface area contributed by atoms with Crippen LogP contribution < -0.4 is 5.32 Å². The van der Waals surface area contributed by atoms with Crippen LogP contribution in [0.4, 0.5) is 5.69 Å². The number of nitrogens with one attached hydrogen (secondary N) is 1. The summed E-state index contributed by atoms with van der Waals surface area (Å²) >= 11 is 3.28. The summed E-state index contributed by atoms with van der Waals surface area (Å²) in [6, 6.07) is 1.72. The number of carbonyl (C=O) groups is 1. The molecule has 0 atom stereocenters. The lowest BCUT2D eigenvalue weighted by atomic mass is 10.3. The highest BCUT2D eigenvalue weighted by atomic mass is 79.9. The van der Waals surface area contributed by atoms with Gasteiger partial charge in [0.1, 0.15) is 0 Å². The lowest BCUT2D eigenvalue weighted by molar-refractivity contribution is -0.116. The summed E-state index contributed by atoms with van der Waals surface area (Å²) in [5, 5.41) is 2.72. The van der Waals surface area contributed by atoms with Crippen molar-refractivity contribution >= 4 is 27.5 Å². The fourth-order valence-electron chi connectivity index (χ4n) is 0.875. The molecule has 0 aliphatic rings. The maximum Gasteiger partial charge on any atom is 0.225 e. The zero-order chi connectivity index (χ0) is 10.4. The smallest absolute Gasteiger partial charge is 0.225 e. The Morgan fingerprint density at radius 3 is 3.14 bits per heavy atom. The highest BCUT2D eigenvalue weighted by molar-refractivity contribution is 9.10. The second-order valence-corrected chi connectivity index (χ2v) is 3.46. The van der Waals surface area contributed by atoms with Gasteiger partial charge in [0, 0.05) is 25.2 Å². The monoisotopic (exact) mass is 252 g/mol. The minimum atomic E-state index is -0.0881. The lowest BCUT2D eigenvalue weighted by Gasteiger charge is -2.04. The first-order valence-corrected chi connectivity index (χ1v) is 4.86. The molecule has 1 N–H and O–H groups in total. The Hall–Kier alpha value is -1.34. The predicted octanol–water partition coefficient (Wildman–Crippen LogP) is 2.20. The van der Waals surface area contributed by atoms with E-state index in [0.717, 1.165) is 4.47 Å². The highest BCUT2D eigenvalue weighted by Crippen LogP contribution is 2.19. The lowest BCUT2D eigenvalue weighted by Crippen LogP contribution is -2.11. The molecule has 1 aromatic rings. The first-order valence-electron chi connectivity index (χ1n) is 4.07. The number of carbonyl (C=O) groups excluding carboxylic acids is 1. The van der Waals surface area contributed by atoms with Crippen LogP contribution >= 0.6 is 15.9 Å². The van der Waals surface area contributed by atoms with Gasteiger partial charge in [0.05, 0.1) is 10.2 Å². The maximum atomic E-state index is 11.3. The fourth-order valence-corrected chi connectivity index (χ4v) is 1.22. The van der Waals surface area contributed by atoms with Crippen LogP contribution in [-0.4, -0.2) is 10.9 Å². The van der Waals surface area contributed by atoms with Crippen LogP contribution in [0.2, 0.25) is 0 Å². The van der Waals surface area contributed by atoms with E-state index in [2.05, 4.69) is 32.2 Å². The van der Waals surface area contributed by atoms with Gasteiger partial charge >= 0.3 is 0 Å². The average molecular weight is 253 g/mol. The third-order valence-corrected chi connectivity index (χ3v) is 2.17. The van der Waals surface area contributed by atoms with Gasteiger partial charge in [0.25, 0.3) is 0 Å². The molecule has 3 nitrogen and oxygen atoms in total. The van der Waals surface area contributed by atoms with Gasteiger partial charge in [0.2, 0.25) is 5.91 Å². The Morgan fingerprint density at radius 1 is 1.71 bits per heavy atom. The molecule has 1 heterocycles. The fraction of sp³-hybridized carbons (Fsp3) is 0.200. The van der Waals surface area contributed by atoms with Crippen molar-refractivity contribution in [1.82, 2.24) is 4.98 Å². The minimum absolute atomic E-state index is 0.0881. The Kier molecular flexibility index (Phi) is 4.14. The van der Waals surface area contributed by atoms with Crippen molar-refractivity contribution in [3.63, 3.8) is 0 Å². The van der Waals surface area contributed by atoms with Gasteiger partial charge in [-0.1, -0.05) is 0 Å². The number of hydrogen-bond acceptors (Lipinski definition) is 2. The highest BCUT2D eigenvalue weighted by Gasteiger charge is 2.03. The van der Waals surface area contributed by atoms with Crippen molar-refractivity contribution in [2.45, 2.75) is 12.8 Å². The first-order chi connectivity index (χ1) is 6.74. The van der Waals surface area contributed by atoms with Gasteiger partial charge in [-0.25, -0.2) is 0 Å². The second-order valence-electron chi connectivity index (χ2n) is 2.61. The number of pyridine rings is 1. The average Bonchev–Trinajstić information content (AvgIpc) is 2.18. The van der Waals surface area contributed by atoms with Crippen molar-refractivity contribution in [3.8, 4) is 12.3 Å². The summed E-state index contributed by atoms with van der Waals surface area (Å²) in [6.45, 7) is 0. The summed E-state index contributed by atoms with van der Waals surface area (Å²) in [5.41, 5.74) is 0.710. The molecule has 0 aliphatic heterocycles. The molecule has 14 heavy (non-hydrogen) atoms. The summed E-state index contributed by atoms with van der Waals surface area (Å²) in [6.07, 6.45) is 9.08. The van der Waals surface area contributed by atoms with Crippen LogP contribution in [0, 0.1) is 12.3 Å². The summed E-state index contributed by atoms with van der Waals surface area (Å²) in [7, 11) is 0. The van der Waals surface area contributed by atoms with Gasteiger partial charge in [0.15, 0.2) is 0 Å². The van der Waals surface area contributed by atoms with Crippen LogP contribution in [0.15, 0.2) is 22.9 Å². The van der Waals surface area contributed by atoms with E-state index in [4.69, 9.17) is 6.42 Å². The molecule has 0 aliphatic carbocycles. The molecule has 0 radical (unpaired) electrons. The maximum absolute atomic E-state index is 11.3. The molecule has 0 saturated carbocycles. The number of aromatic nitrogens is 1. The van der Waals surface area contributed by atoms with Gasteiger partial charge in [-0.2, -0.15) is 0 Å².